The first-order valence-corrected chi connectivity index (χ1v) is 7.51. The fourth-order valence-electron chi connectivity index (χ4n) is 2.50. The summed E-state index contributed by atoms with van der Waals surface area (Å²) in [5.74, 6) is 0.612. The van der Waals surface area contributed by atoms with Crippen molar-refractivity contribution in [1.29, 1.82) is 0 Å². The zero-order valence-electron chi connectivity index (χ0n) is 12.3. The van der Waals surface area contributed by atoms with E-state index in [1.807, 2.05) is 6.07 Å². The van der Waals surface area contributed by atoms with E-state index in [1.165, 1.54) is 0 Å². The van der Waals surface area contributed by atoms with E-state index in [2.05, 4.69) is 19.9 Å². The molecule has 0 aliphatic carbocycles. The van der Waals surface area contributed by atoms with Gasteiger partial charge in [0.05, 0.1) is 36.8 Å². The molecule has 0 radical (unpaired) electrons. The van der Waals surface area contributed by atoms with Crippen molar-refractivity contribution in [3.05, 3.63) is 35.9 Å². The molecule has 0 N–H and O–H groups in total. The fourth-order valence-corrected chi connectivity index (χ4v) is 2.74. The lowest BCUT2D eigenvalue weighted by Gasteiger charge is -2.34. The molecule has 3 heterocycles. The van der Waals surface area contributed by atoms with Crippen LogP contribution in [0.4, 0.5) is 5.69 Å². The lowest BCUT2D eigenvalue weighted by Crippen LogP contribution is -2.41. The van der Waals surface area contributed by atoms with Gasteiger partial charge < -0.3 is 14.4 Å². The molecular weight excluding hydrogens is 304 g/mol. The average molecular weight is 321 g/mol. The minimum atomic E-state index is 0.0337. The number of nitrogens with zero attached hydrogens (tertiary/aromatic N) is 4. The van der Waals surface area contributed by atoms with Gasteiger partial charge in [0.2, 0.25) is 0 Å². The molecule has 0 saturated carbocycles. The Kier molecular flexibility index (Phi) is 4.58. The van der Waals surface area contributed by atoms with Crippen molar-refractivity contribution in [2.45, 2.75) is 18.9 Å². The second-order valence-electron chi connectivity index (χ2n) is 5.06. The summed E-state index contributed by atoms with van der Waals surface area (Å²) >= 11 is 6.22. The first-order chi connectivity index (χ1) is 10.8. The van der Waals surface area contributed by atoms with E-state index in [-0.39, 0.29) is 6.10 Å². The molecule has 0 bridgehead atoms. The standard InChI is InChI=1S/C15H17ClN4O2/c1-21-12-7-18-15(19-8-12)22-11-3-2-6-20(10-11)14-4-5-17-9-13(14)16/h4-5,7-9,11H,2-3,6,10H2,1H3. The van der Waals surface area contributed by atoms with Gasteiger partial charge in [0.15, 0.2) is 5.75 Å². The smallest absolute Gasteiger partial charge is 0.316 e. The Bertz CT molecular complexity index is 623. The average Bonchev–Trinajstić information content (AvgIpc) is 2.56. The molecule has 1 fully saturated rings. The third-order valence-electron chi connectivity index (χ3n) is 3.58. The van der Waals surface area contributed by atoms with E-state index in [9.17, 15) is 0 Å². The van der Waals surface area contributed by atoms with Crippen LogP contribution in [0.2, 0.25) is 5.02 Å². The highest BCUT2D eigenvalue weighted by molar-refractivity contribution is 6.33. The molecule has 116 valence electrons. The van der Waals surface area contributed by atoms with Crippen molar-refractivity contribution >= 4 is 17.3 Å². The highest BCUT2D eigenvalue weighted by atomic mass is 35.5. The number of anilines is 1. The molecule has 2 aromatic rings. The van der Waals surface area contributed by atoms with Crippen LogP contribution in [-0.4, -0.2) is 41.3 Å². The van der Waals surface area contributed by atoms with Crippen molar-refractivity contribution in [2.75, 3.05) is 25.1 Å². The summed E-state index contributed by atoms with van der Waals surface area (Å²) in [5.41, 5.74) is 0.987. The van der Waals surface area contributed by atoms with Crippen molar-refractivity contribution < 1.29 is 9.47 Å². The number of piperidine rings is 1. The summed E-state index contributed by atoms with van der Waals surface area (Å²) in [6.45, 7) is 1.70. The quantitative estimate of drug-likeness (QED) is 0.863. The minimum absolute atomic E-state index is 0.0337. The van der Waals surface area contributed by atoms with Gasteiger partial charge in [-0.3, -0.25) is 4.98 Å². The molecule has 1 saturated heterocycles. The summed E-state index contributed by atoms with van der Waals surface area (Å²) in [5, 5.41) is 0.656. The molecule has 1 aliphatic heterocycles. The zero-order valence-corrected chi connectivity index (χ0v) is 13.0. The van der Waals surface area contributed by atoms with E-state index in [4.69, 9.17) is 21.1 Å². The summed E-state index contributed by atoms with van der Waals surface area (Å²) in [4.78, 5) is 14.5. The Morgan fingerprint density at radius 1 is 1.27 bits per heavy atom. The van der Waals surface area contributed by atoms with E-state index in [1.54, 1.807) is 31.9 Å². The number of methoxy groups -OCH3 is 1. The molecule has 6 nitrogen and oxygen atoms in total. The predicted molar refractivity (Wildman–Crippen MR) is 83.7 cm³/mol. The van der Waals surface area contributed by atoms with Gasteiger partial charge in [0.25, 0.3) is 0 Å². The van der Waals surface area contributed by atoms with Gasteiger partial charge in [-0.25, -0.2) is 0 Å². The molecule has 7 heteroatoms. The molecule has 1 aliphatic rings. The van der Waals surface area contributed by atoms with E-state index >= 15 is 0 Å². The molecule has 0 spiro atoms. The second kappa shape index (κ2) is 6.79. The van der Waals surface area contributed by atoms with Crippen molar-refractivity contribution in [3.63, 3.8) is 0 Å². The van der Waals surface area contributed by atoms with E-state index < -0.39 is 0 Å². The Morgan fingerprint density at radius 3 is 2.82 bits per heavy atom. The van der Waals surface area contributed by atoms with Crippen LogP contribution in [0.25, 0.3) is 0 Å². The van der Waals surface area contributed by atoms with Gasteiger partial charge in [-0.2, -0.15) is 9.97 Å². The summed E-state index contributed by atoms with van der Waals surface area (Å²) in [6, 6.07) is 2.29. The second-order valence-corrected chi connectivity index (χ2v) is 5.47. The van der Waals surface area contributed by atoms with Crippen LogP contribution >= 0.6 is 11.6 Å². The first-order valence-electron chi connectivity index (χ1n) is 7.13. The monoisotopic (exact) mass is 320 g/mol. The molecule has 1 unspecified atom stereocenters. The van der Waals surface area contributed by atoms with Crippen LogP contribution in [0.1, 0.15) is 12.8 Å². The Hall–Kier alpha value is -2.08. The van der Waals surface area contributed by atoms with Crippen LogP contribution in [-0.2, 0) is 0 Å². The highest BCUT2D eigenvalue weighted by Gasteiger charge is 2.23. The largest absolute Gasteiger partial charge is 0.494 e. The first kappa shape index (κ1) is 14.8. The summed E-state index contributed by atoms with van der Waals surface area (Å²) in [6.07, 6.45) is 8.64. The topological polar surface area (TPSA) is 60.4 Å². The lowest BCUT2D eigenvalue weighted by molar-refractivity contribution is 0.164. The normalized spacial score (nSPS) is 18.1. The number of hydrogen-bond donors (Lipinski definition) is 0. The summed E-state index contributed by atoms with van der Waals surface area (Å²) in [7, 11) is 1.58. The maximum atomic E-state index is 6.22. The molecule has 22 heavy (non-hydrogen) atoms. The Balaban J connectivity index is 1.66. The molecule has 2 aromatic heterocycles. The van der Waals surface area contributed by atoms with Crippen molar-refractivity contribution in [1.82, 2.24) is 15.0 Å². The van der Waals surface area contributed by atoms with Gasteiger partial charge in [0.1, 0.15) is 6.10 Å². The lowest BCUT2D eigenvalue weighted by atomic mass is 10.1. The van der Waals surface area contributed by atoms with Crippen molar-refractivity contribution in [3.8, 4) is 11.8 Å². The zero-order chi connectivity index (χ0) is 15.4. The Labute approximate surface area is 134 Å². The number of rotatable bonds is 4. The van der Waals surface area contributed by atoms with E-state index in [0.717, 1.165) is 31.6 Å². The van der Waals surface area contributed by atoms with Crippen molar-refractivity contribution in [2.24, 2.45) is 0 Å². The fraction of sp³-hybridized carbons (Fsp3) is 0.400. The van der Waals surface area contributed by atoms with Gasteiger partial charge in [-0.05, 0) is 18.9 Å². The number of hydrogen-bond acceptors (Lipinski definition) is 6. The van der Waals surface area contributed by atoms with E-state index in [0.29, 0.717) is 16.8 Å². The molecule has 0 aromatic carbocycles. The van der Waals surface area contributed by atoms with Gasteiger partial charge >= 0.3 is 6.01 Å². The summed E-state index contributed by atoms with van der Waals surface area (Å²) < 4.78 is 10.9. The van der Waals surface area contributed by atoms with Crippen LogP contribution in [0.5, 0.6) is 11.8 Å². The highest BCUT2D eigenvalue weighted by Crippen LogP contribution is 2.27. The third-order valence-corrected chi connectivity index (χ3v) is 3.87. The van der Waals surface area contributed by atoms with Gasteiger partial charge in [-0.1, -0.05) is 11.6 Å². The molecule has 0 amide bonds. The maximum Gasteiger partial charge on any atom is 0.316 e. The minimum Gasteiger partial charge on any atom is -0.494 e. The van der Waals surface area contributed by atoms with Crippen LogP contribution in [0.3, 0.4) is 0 Å². The molecule has 1 atom stereocenters. The number of ether oxygens (including phenoxy) is 2. The van der Waals surface area contributed by atoms with Crippen LogP contribution in [0, 0.1) is 0 Å². The molecule has 3 rings (SSSR count). The number of halogens is 1. The Morgan fingerprint density at radius 2 is 2.09 bits per heavy atom. The number of pyridine rings is 1. The SMILES string of the molecule is COc1cnc(OC2CCCN(c3ccncc3Cl)C2)nc1. The van der Waals surface area contributed by atoms with Crippen LogP contribution in [0.15, 0.2) is 30.9 Å². The van der Waals surface area contributed by atoms with Gasteiger partial charge in [0, 0.05) is 18.9 Å². The number of aromatic nitrogens is 3. The maximum absolute atomic E-state index is 6.22. The third kappa shape index (κ3) is 3.39. The van der Waals surface area contributed by atoms with Crippen LogP contribution < -0.4 is 14.4 Å². The van der Waals surface area contributed by atoms with Gasteiger partial charge in [-0.15, -0.1) is 0 Å². The molecular formula is C15H17ClN4O2. The predicted octanol–water partition coefficient (Wildman–Crippen LogP) is 2.58.